The second-order valence-corrected chi connectivity index (χ2v) is 6.43. The van der Waals surface area contributed by atoms with Gasteiger partial charge >= 0.3 is 0 Å². The molecule has 9 heteroatoms. The number of aromatic nitrogens is 3. The van der Waals surface area contributed by atoms with Crippen molar-refractivity contribution in [2.45, 2.75) is 12.6 Å². The summed E-state index contributed by atoms with van der Waals surface area (Å²) in [6, 6.07) is 6.05. The number of morpholine rings is 1. The molecule has 0 radical (unpaired) electrons. The van der Waals surface area contributed by atoms with E-state index in [1.807, 2.05) is 0 Å². The third-order valence-electron chi connectivity index (χ3n) is 4.58. The van der Waals surface area contributed by atoms with Gasteiger partial charge in [-0.15, -0.1) is 5.10 Å². The predicted molar refractivity (Wildman–Crippen MR) is 87.7 cm³/mol. The Bertz CT molecular complexity index is 839. The van der Waals surface area contributed by atoms with Crippen molar-refractivity contribution in [3.63, 3.8) is 0 Å². The summed E-state index contributed by atoms with van der Waals surface area (Å²) in [6.45, 7) is 2.29. The molecule has 1 unspecified atom stereocenters. The van der Waals surface area contributed by atoms with E-state index in [1.54, 1.807) is 17.0 Å². The molecule has 3 heterocycles. The highest BCUT2D eigenvalue weighted by atomic mass is 19.1. The largest absolute Gasteiger partial charge is 0.377 e. The molecule has 1 aromatic heterocycles. The van der Waals surface area contributed by atoms with Crippen LogP contribution in [0.4, 0.5) is 4.39 Å². The molecule has 0 saturated carbocycles. The van der Waals surface area contributed by atoms with Crippen LogP contribution in [0.25, 0.3) is 0 Å². The van der Waals surface area contributed by atoms with Crippen LogP contribution in [0.5, 0.6) is 0 Å². The van der Waals surface area contributed by atoms with E-state index in [-0.39, 0.29) is 35.9 Å². The lowest BCUT2D eigenvalue weighted by Gasteiger charge is -2.43. The fourth-order valence-electron chi connectivity index (χ4n) is 3.32. The molecule has 4 rings (SSSR count). The van der Waals surface area contributed by atoms with Crippen LogP contribution in [0.15, 0.2) is 30.5 Å². The Kier molecular flexibility index (Phi) is 4.37. The molecule has 0 bridgehead atoms. The highest BCUT2D eigenvalue weighted by Crippen LogP contribution is 2.16. The summed E-state index contributed by atoms with van der Waals surface area (Å²) in [5, 5.41) is 7.85. The Hall–Kier alpha value is -2.81. The van der Waals surface area contributed by atoms with Crippen LogP contribution in [-0.4, -0.2) is 75.5 Å². The van der Waals surface area contributed by atoms with Gasteiger partial charge in [0.2, 0.25) is 5.91 Å². The van der Waals surface area contributed by atoms with E-state index in [0.717, 1.165) is 5.56 Å². The Balaban J connectivity index is 1.45. The number of carbonyl (C=O) groups is 2. The summed E-state index contributed by atoms with van der Waals surface area (Å²) in [4.78, 5) is 28.2. The van der Waals surface area contributed by atoms with E-state index in [2.05, 4.69) is 10.3 Å². The van der Waals surface area contributed by atoms with Crippen LogP contribution in [0.3, 0.4) is 0 Å². The average molecular weight is 359 g/mol. The summed E-state index contributed by atoms with van der Waals surface area (Å²) >= 11 is 0. The molecule has 2 aliphatic rings. The quantitative estimate of drug-likeness (QED) is 0.779. The number of hydrogen-bond acceptors (Lipinski definition) is 5. The first-order valence-electron chi connectivity index (χ1n) is 8.41. The molecular formula is C17H18FN5O3. The summed E-state index contributed by atoms with van der Waals surface area (Å²) in [5.41, 5.74) is 0.886. The Morgan fingerprint density at radius 3 is 3.12 bits per heavy atom. The van der Waals surface area contributed by atoms with Crippen molar-refractivity contribution in [1.29, 1.82) is 0 Å². The van der Waals surface area contributed by atoms with E-state index in [1.165, 1.54) is 27.9 Å². The molecule has 0 aliphatic carbocycles. The van der Waals surface area contributed by atoms with Crippen molar-refractivity contribution in [3.05, 3.63) is 47.5 Å². The van der Waals surface area contributed by atoms with Crippen molar-refractivity contribution in [2.24, 2.45) is 0 Å². The first-order chi connectivity index (χ1) is 12.6. The fraction of sp³-hybridized carbons (Fsp3) is 0.412. The third-order valence-corrected chi connectivity index (χ3v) is 4.58. The summed E-state index contributed by atoms with van der Waals surface area (Å²) in [6.07, 6.45) is 1.52. The van der Waals surface area contributed by atoms with Gasteiger partial charge in [0.25, 0.3) is 5.91 Å². The monoisotopic (exact) mass is 359 g/mol. The topological polar surface area (TPSA) is 80.6 Å². The average Bonchev–Trinajstić information content (AvgIpc) is 3.09. The molecule has 0 N–H and O–H groups in total. The van der Waals surface area contributed by atoms with E-state index in [4.69, 9.17) is 4.74 Å². The van der Waals surface area contributed by atoms with E-state index < -0.39 is 0 Å². The smallest absolute Gasteiger partial charge is 0.276 e. The maximum Gasteiger partial charge on any atom is 0.276 e. The molecule has 0 spiro atoms. The van der Waals surface area contributed by atoms with Gasteiger partial charge in [-0.25, -0.2) is 9.07 Å². The normalized spacial score (nSPS) is 20.2. The van der Waals surface area contributed by atoms with E-state index >= 15 is 0 Å². The lowest BCUT2D eigenvalue weighted by atomic mass is 10.1. The minimum atomic E-state index is -0.339. The minimum Gasteiger partial charge on any atom is -0.377 e. The number of piperazine rings is 1. The van der Waals surface area contributed by atoms with Gasteiger partial charge in [0.05, 0.1) is 32.0 Å². The maximum absolute atomic E-state index is 13.3. The number of amides is 2. The molecule has 2 saturated heterocycles. The standard InChI is InChI=1S/C17H18FN5O3/c18-13-3-1-2-12(6-13)7-22-9-15(19-20-22)17(25)21-8-14-11-26-5-4-23(14)16(24)10-21/h1-3,6,9,14H,4-5,7-8,10-11H2. The van der Waals surface area contributed by atoms with Crippen LogP contribution in [0, 0.1) is 5.82 Å². The SMILES string of the molecule is O=C(c1cn(Cc2cccc(F)c2)nn1)N1CC(=O)N2CCOCC2C1. The van der Waals surface area contributed by atoms with Gasteiger partial charge in [0.1, 0.15) is 12.4 Å². The third kappa shape index (κ3) is 3.30. The molecule has 136 valence electrons. The molecule has 1 aromatic carbocycles. The van der Waals surface area contributed by atoms with Gasteiger partial charge in [0.15, 0.2) is 5.69 Å². The van der Waals surface area contributed by atoms with Crippen molar-refractivity contribution >= 4 is 11.8 Å². The second kappa shape index (κ2) is 6.83. The molecule has 26 heavy (non-hydrogen) atoms. The van der Waals surface area contributed by atoms with Gasteiger partial charge in [0, 0.05) is 13.1 Å². The number of rotatable bonds is 3. The minimum absolute atomic E-state index is 0.0338. The van der Waals surface area contributed by atoms with Crippen LogP contribution in [0.2, 0.25) is 0 Å². The van der Waals surface area contributed by atoms with Gasteiger partial charge in [-0.2, -0.15) is 0 Å². The molecule has 2 amide bonds. The highest BCUT2D eigenvalue weighted by molar-refractivity contribution is 5.95. The van der Waals surface area contributed by atoms with Crippen LogP contribution >= 0.6 is 0 Å². The molecule has 1 atom stereocenters. The Labute approximate surface area is 149 Å². The zero-order valence-corrected chi connectivity index (χ0v) is 14.0. The number of hydrogen-bond donors (Lipinski definition) is 0. The van der Waals surface area contributed by atoms with Gasteiger partial charge < -0.3 is 14.5 Å². The first-order valence-corrected chi connectivity index (χ1v) is 8.41. The predicted octanol–water partition coefficient (Wildman–Crippen LogP) is 0.149. The number of halogens is 1. The van der Waals surface area contributed by atoms with E-state index in [0.29, 0.717) is 32.8 Å². The first kappa shape index (κ1) is 16.6. The Morgan fingerprint density at radius 2 is 2.27 bits per heavy atom. The summed E-state index contributed by atoms with van der Waals surface area (Å²) in [5.74, 6) is -0.746. The van der Waals surface area contributed by atoms with E-state index in [9.17, 15) is 14.0 Å². The van der Waals surface area contributed by atoms with Crippen molar-refractivity contribution in [3.8, 4) is 0 Å². The van der Waals surface area contributed by atoms with Gasteiger partial charge in [-0.1, -0.05) is 17.3 Å². The lowest BCUT2D eigenvalue weighted by Crippen LogP contribution is -2.61. The molecular weight excluding hydrogens is 341 g/mol. The van der Waals surface area contributed by atoms with Crippen LogP contribution < -0.4 is 0 Å². The van der Waals surface area contributed by atoms with Crippen molar-refractivity contribution < 1.29 is 18.7 Å². The maximum atomic E-state index is 13.3. The molecule has 8 nitrogen and oxygen atoms in total. The number of fused-ring (bicyclic) bond motifs is 1. The van der Waals surface area contributed by atoms with Crippen LogP contribution in [0.1, 0.15) is 16.1 Å². The van der Waals surface area contributed by atoms with Crippen LogP contribution in [-0.2, 0) is 16.1 Å². The van der Waals surface area contributed by atoms with Gasteiger partial charge in [-0.05, 0) is 17.7 Å². The zero-order valence-electron chi connectivity index (χ0n) is 14.0. The molecule has 2 fully saturated rings. The molecule has 2 aliphatic heterocycles. The fourth-order valence-corrected chi connectivity index (χ4v) is 3.32. The molecule has 2 aromatic rings. The zero-order chi connectivity index (χ0) is 18.1. The summed E-state index contributed by atoms with van der Waals surface area (Å²) in [7, 11) is 0. The number of ether oxygens (including phenoxy) is 1. The Morgan fingerprint density at radius 1 is 1.38 bits per heavy atom. The van der Waals surface area contributed by atoms with Crippen molar-refractivity contribution in [1.82, 2.24) is 24.8 Å². The number of nitrogens with zero attached hydrogens (tertiary/aromatic N) is 5. The number of carbonyl (C=O) groups excluding carboxylic acids is 2. The second-order valence-electron chi connectivity index (χ2n) is 6.43. The lowest BCUT2D eigenvalue weighted by molar-refractivity contribution is -0.146. The number of benzene rings is 1. The highest BCUT2D eigenvalue weighted by Gasteiger charge is 2.37. The van der Waals surface area contributed by atoms with Crippen molar-refractivity contribution in [2.75, 3.05) is 32.8 Å². The van der Waals surface area contributed by atoms with Gasteiger partial charge in [-0.3, -0.25) is 9.59 Å². The summed E-state index contributed by atoms with van der Waals surface area (Å²) < 4.78 is 20.1.